The molecule has 3 rings (SSSR count). The van der Waals surface area contributed by atoms with Gasteiger partial charge in [-0.3, -0.25) is 9.59 Å². The Hall–Kier alpha value is -2.71. The van der Waals surface area contributed by atoms with Crippen LogP contribution >= 0.6 is 22.9 Å². The van der Waals surface area contributed by atoms with Gasteiger partial charge in [-0.15, -0.1) is 11.3 Å². The van der Waals surface area contributed by atoms with Gasteiger partial charge in [0.2, 0.25) is 0 Å². The van der Waals surface area contributed by atoms with E-state index in [0.717, 1.165) is 16.2 Å². The highest BCUT2D eigenvalue weighted by atomic mass is 35.5. The number of anilines is 1. The summed E-state index contributed by atoms with van der Waals surface area (Å²) in [5.74, 6) is -3.12. The lowest BCUT2D eigenvalue weighted by atomic mass is 9.95. The number of benzene rings is 1. The number of esters is 1. The van der Waals surface area contributed by atoms with Crippen molar-refractivity contribution in [3.63, 3.8) is 0 Å². The summed E-state index contributed by atoms with van der Waals surface area (Å²) in [6, 6.07) is 4.78. The van der Waals surface area contributed by atoms with Gasteiger partial charge in [-0.05, 0) is 29.8 Å². The average Bonchev–Trinajstić information content (AvgIpc) is 3.15. The molecule has 2 N–H and O–H groups in total. The Balaban J connectivity index is 2.05. The molecule has 1 atom stereocenters. The number of nitrogens with zero attached hydrogens (tertiary/aromatic N) is 1. The molecule has 0 radical (unpaired) electrons. The van der Waals surface area contributed by atoms with E-state index in [-0.39, 0.29) is 16.1 Å². The number of ether oxygens (including phenoxy) is 1. The predicted octanol–water partition coefficient (Wildman–Crippen LogP) is 2.58. The summed E-state index contributed by atoms with van der Waals surface area (Å²) in [6.45, 7) is 0. The van der Waals surface area contributed by atoms with E-state index in [1.54, 1.807) is 0 Å². The number of thiophene rings is 1. The lowest BCUT2D eigenvalue weighted by molar-refractivity contribution is -0.117. The van der Waals surface area contributed by atoms with Gasteiger partial charge < -0.3 is 10.5 Å². The van der Waals surface area contributed by atoms with Gasteiger partial charge in [0.1, 0.15) is 5.92 Å². The van der Waals surface area contributed by atoms with Crippen molar-refractivity contribution in [3.8, 4) is 0 Å². The van der Waals surface area contributed by atoms with E-state index in [2.05, 4.69) is 4.74 Å². The Morgan fingerprint density at radius 3 is 2.64 bits per heavy atom. The van der Waals surface area contributed by atoms with Crippen LogP contribution in [0.3, 0.4) is 0 Å². The molecule has 2 aromatic rings. The van der Waals surface area contributed by atoms with Gasteiger partial charge >= 0.3 is 12.0 Å². The summed E-state index contributed by atoms with van der Waals surface area (Å²) >= 11 is 6.97. The van der Waals surface area contributed by atoms with Crippen LogP contribution in [0.1, 0.15) is 31.5 Å². The van der Waals surface area contributed by atoms with Crippen molar-refractivity contribution >= 4 is 52.3 Å². The normalized spacial score (nSPS) is 15.8. The van der Waals surface area contributed by atoms with Gasteiger partial charge in [0.05, 0.1) is 23.2 Å². The molecule has 7 nitrogen and oxygen atoms in total. The Labute approximate surface area is 150 Å². The summed E-state index contributed by atoms with van der Waals surface area (Å²) in [7, 11) is 1.23. The van der Waals surface area contributed by atoms with Gasteiger partial charge in [0.15, 0.2) is 5.78 Å². The number of fused-ring (bicyclic) bond motifs is 1. The Bertz CT molecular complexity index is 923. The third-order valence-electron chi connectivity index (χ3n) is 3.75. The van der Waals surface area contributed by atoms with E-state index >= 15 is 0 Å². The van der Waals surface area contributed by atoms with E-state index < -0.39 is 29.6 Å². The first-order valence-electron chi connectivity index (χ1n) is 6.99. The van der Waals surface area contributed by atoms with Crippen molar-refractivity contribution in [3.05, 3.63) is 50.7 Å². The number of primary amides is 1. The number of urea groups is 1. The van der Waals surface area contributed by atoms with Gasteiger partial charge in [-0.2, -0.15) is 0 Å². The van der Waals surface area contributed by atoms with Crippen LogP contribution < -0.4 is 10.6 Å². The molecule has 1 aromatic carbocycles. The topological polar surface area (TPSA) is 107 Å². The largest absolute Gasteiger partial charge is 0.465 e. The lowest BCUT2D eigenvalue weighted by Gasteiger charge is -2.12. The van der Waals surface area contributed by atoms with Gasteiger partial charge in [-0.1, -0.05) is 11.6 Å². The summed E-state index contributed by atoms with van der Waals surface area (Å²) in [5, 5.41) is 1.78. The molecular weight excluding hydrogens is 368 g/mol. The summed E-state index contributed by atoms with van der Waals surface area (Å²) in [5.41, 5.74) is 6.00. The van der Waals surface area contributed by atoms with Gasteiger partial charge in [0, 0.05) is 10.4 Å². The zero-order valence-electron chi connectivity index (χ0n) is 12.8. The third-order valence-corrected chi connectivity index (χ3v) is 4.93. The predicted molar refractivity (Wildman–Crippen MR) is 91.3 cm³/mol. The SMILES string of the molecule is COC(=O)c1csc(C(=O)C2C(=O)N(C(N)=O)c3ccc(Cl)cc32)c1. The molecule has 3 amide bonds. The van der Waals surface area contributed by atoms with Crippen LogP contribution in [-0.2, 0) is 9.53 Å². The molecule has 0 fully saturated rings. The lowest BCUT2D eigenvalue weighted by Crippen LogP contribution is -2.40. The van der Waals surface area contributed by atoms with Crippen LogP contribution in [0.25, 0.3) is 0 Å². The van der Waals surface area contributed by atoms with E-state index in [1.807, 2.05) is 0 Å². The minimum atomic E-state index is -1.25. The molecule has 1 unspecified atom stereocenters. The first-order valence-corrected chi connectivity index (χ1v) is 8.24. The number of methoxy groups -OCH3 is 1. The first-order chi connectivity index (χ1) is 11.8. The monoisotopic (exact) mass is 378 g/mol. The molecule has 2 heterocycles. The van der Waals surface area contributed by atoms with Crippen LogP contribution in [0.2, 0.25) is 5.02 Å². The molecule has 0 saturated heterocycles. The number of amides is 3. The molecule has 1 aromatic heterocycles. The highest BCUT2D eigenvalue weighted by molar-refractivity contribution is 7.12. The molecular formula is C16H11ClN2O5S. The summed E-state index contributed by atoms with van der Waals surface area (Å²) < 4.78 is 4.60. The van der Waals surface area contributed by atoms with Crippen LogP contribution in [0, 0.1) is 0 Å². The third kappa shape index (κ3) is 2.79. The Morgan fingerprint density at radius 2 is 2.00 bits per heavy atom. The Morgan fingerprint density at radius 1 is 1.28 bits per heavy atom. The number of ketones is 1. The average molecular weight is 379 g/mol. The second kappa shape index (κ2) is 6.30. The van der Waals surface area contributed by atoms with E-state index in [4.69, 9.17) is 17.3 Å². The zero-order valence-corrected chi connectivity index (χ0v) is 14.4. The number of hydrogen-bond donors (Lipinski definition) is 1. The number of nitrogens with two attached hydrogens (primary N) is 1. The summed E-state index contributed by atoms with van der Waals surface area (Å²) in [6.07, 6.45) is 0. The number of imide groups is 1. The maximum absolute atomic E-state index is 12.8. The number of carbonyl (C=O) groups excluding carboxylic acids is 4. The van der Waals surface area contributed by atoms with E-state index in [9.17, 15) is 19.2 Å². The van der Waals surface area contributed by atoms with E-state index in [1.165, 1.54) is 36.8 Å². The molecule has 0 saturated carbocycles. The second-order valence-corrected chi connectivity index (χ2v) is 6.55. The van der Waals surface area contributed by atoms with Crippen molar-refractivity contribution in [1.82, 2.24) is 0 Å². The zero-order chi connectivity index (χ0) is 18.3. The first kappa shape index (κ1) is 17.1. The van der Waals surface area contributed by atoms with Crippen LogP contribution in [0.4, 0.5) is 10.5 Å². The maximum atomic E-state index is 12.8. The molecule has 9 heteroatoms. The number of carbonyl (C=O) groups is 4. The molecule has 0 aliphatic carbocycles. The highest BCUT2D eigenvalue weighted by Crippen LogP contribution is 2.41. The fourth-order valence-electron chi connectivity index (χ4n) is 2.65. The molecule has 0 spiro atoms. The standard InChI is InChI=1S/C16H11ClN2O5S/c1-24-15(22)7-4-11(25-6-7)13(20)12-9-5-8(17)2-3-10(9)19(14(12)21)16(18)23/h2-6,12H,1H3,(H2,18,23). The smallest absolute Gasteiger partial charge is 0.338 e. The number of hydrogen-bond acceptors (Lipinski definition) is 6. The van der Waals surface area contributed by atoms with Gasteiger partial charge in [0.25, 0.3) is 5.91 Å². The van der Waals surface area contributed by atoms with Crippen LogP contribution in [0.5, 0.6) is 0 Å². The van der Waals surface area contributed by atoms with Gasteiger partial charge in [-0.25, -0.2) is 14.5 Å². The van der Waals surface area contributed by atoms with Crippen molar-refractivity contribution in [1.29, 1.82) is 0 Å². The van der Waals surface area contributed by atoms with Crippen molar-refractivity contribution in [2.75, 3.05) is 12.0 Å². The highest BCUT2D eigenvalue weighted by Gasteiger charge is 2.44. The number of rotatable bonds is 3. The fourth-order valence-corrected chi connectivity index (χ4v) is 3.68. The molecule has 25 heavy (non-hydrogen) atoms. The van der Waals surface area contributed by atoms with Crippen LogP contribution in [0.15, 0.2) is 29.6 Å². The number of halogens is 1. The molecule has 128 valence electrons. The summed E-state index contributed by atoms with van der Waals surface area (Å²) in [4.78, 5) is 49.5. The number of Topliss-reactive ketones (excluding diaryl/α,β-unsaturated/α-hetero) is 1. The quantitative estimate of drug-likeness (QED) is 0.502. The van der Waals surface area contributed by atoms with Crippen molar-refractivity contribution in [2.24, 2.45) is 5.73 Å². The minimum Gasteiger partial charge on any atom is -0.465 e. The molecule has 1 aliphatic heterocycles. The second-order valence-electron chi connectivity index (χ2n) is 5.20. The minimum absolute atomic E-state index is 0.191. The van der Waals surface area contributed by atoms with Crippen molar-refractivity contribution < 1.29 is 23.9 Å². The van der Waals surface area contributed by atoms with Crippen LogP contribution in [-0.4, -0.2) is 30.8 Å². The van der Waals surface area contributed by atoms with E-state index in [0.29, 0.717) is 10.6 Å². The molecule has 0 bridgehead atoms. The van der Waals surface area contributed by atoms with Crippen molar-refractivity contribution in [2.45, 2.75) is 5.92 Å². The maximum Gasteiger partial charge on any atom is 0.338 e. The Kier molecular flexibility index (Phi) is 4.32. The fraction of sp³-hybridized carbons (Fsp3) is 0.125. The molecule has 1 aliphatic rings.